The van der Waals surface area contributed by atoms with E-state index in [2.05, 4.69) is 47.8 Å². The molecule has 0 unspecified atom stereocenters. The lowest BCUT2D eigenvalue weighted by Gasteiger charge is -2.14. The van der Waals surface area contributed by atoms with Crippen molar-refractivity contribution in [3.05, 3.63) is 90.8 Å². The number of methoxy groups -OCH3 is 2. The van der Waals surface area contributed by atoms with Crippen molar-refractivity contribution in [3.8, 4) is 17.2 Å². The highest BCUT2D eigenvalue weighted by atomic mass is 79.9. The van der Waals surface area contributed by atoms with Crippen molar-refractivity contribution >= 4 is 59.6 Å². The van der Waals surface area contributed by atoms with Gasteiger partial charge in [-0.1, -0.05) is 28.1 Å². The van der Waals surface area contributed by atoms with E-state index in [0.717, 1.165) is 24.5 Å². The van der Waals surface area contributed by atoms with Crippen molar-refractivity contribution in [2.75, 3.05) is 14.2 Å². The van der Waals surface area contributed by atoms with E-state index < -0.39 is 0 Å². The number of ketones is 1. The Morgan fingerprint density at radius 3 is 2.19 bits per heavy atom. The van der Waals surface area contributed by atoms with Crippen molar-refractivity contribution in [3.63, 3.8) is 0 Å². The molecule has 0 saturated heterocycles. The van der Waals surface area contributed by atoms with Gasteiger partial charge >= 0.3 is 0 Å². The summed E-state index contributed by atoms with van der Waals surface area (Å²) >= 11 is 10.5. The Morgan fingerprint density at radius 2 is 1.58 bits per heavy atom. The van der Waals surface area contributed by atoms with Crippen molar-refractivity contribution < 1.29 is 19.0 Å². The molecule has 160 valence electrons. The fourth-order valence-corrected chi connectivity index (χ4v) is 5.34. The summed E-state index contributed by atoms with van der Waals surface area (Å²) in [7, 11) is 3.21. The van der Waals surface area contributed by atoms with Crippen LogP contribution in [0.5, 0.6) is 17.2 Å². The fourth-order valence-electron chi connectivity index (χ4n) is 2.86. The third kappa shape index (κ3) is 6.21. The highest BCUT2D eigenvalue weighted by Crippen LogP contribution is 2.37. The molecule has 0 aliphatic carbocycles. The Morgan fingerprint density at radius 1 is 0.903 bits per heavy atom. The largest absolute Gasteiger partial charge is 0.497 e. The maximum Gasteiger partial charge on any atom is 0.185 e. The van der Waals surface area contributed by atoms with Crippen LogP contribution in [0, 0.1) is 0 Å². The second-order valence-corrected chi connectivity index (χ2v) is 9.11. The molecule has 0 radical (unpaired) electrons. The lowest BCUT2D eigenvalue weighted by Crippen LogP contribution is -2.00. The molecular weight excluding hydrogens is 592 g/mol. The standard InChI is InChI=1S/C24H19Br3O4/c1-29-19-7-5-16(6-8-19)22(28)9-3-15-4-10-23(30-2)17(11-15)14-31-24-20(26)12-18(25)13-21(24)27/h3-13H,14H2,1-2H3/b9-3+. The van der Waals surface area contributed by atoms with E-state index in [1.54, 1.807) is 50.6 Å². The smallest absolute Gasteiger partial charge is 0.185 e. The molecule has 0 spiro atoms. The van der Waals surface area contributed by atoms with Crippen molar-refractivity contribution in [2.24, 2.45) is 0 Å². The Hall–Kier alpha value is -2.09. The molecule has 4 nitrogen and oxygen atoms in total. The second kappa shape index (κ2) is 11.0. The van der Waals surface area contributed by atoms with Gasteiger partial charge in [0.15, 0.2) is 5.78 Å². The number of allylic oxidation sites excluding steroid dienone is 1. The lowest BCUT2D eigenvalue weighted by atomic mass is 10.1. The van der Waals surface area contributed by atoms with Crippen molar-refractivity contribution in [1.82, 2.24) is 0 Å². The van der Waals surface area contributed by atoms with Crippen molar-refractivity contribution in [1.29, 1.82) is 0 Å². The van der Waals surface area contributed by atoms with Crippen molar-refractivity contribution in [2.45, 2.75) is 6.61 Å². The molecule has 3 rings (SSSR count). The molecule has 0 atom stereocenters. The monoisotopic (exact) mass is 608 g/mol. The van der Waals surface area contributed by atoms with Crippen LogP contribution in [-0.2, 0) is 6.61 Å². The van der Waals surface area contributed by atoms with Crippen LogP contribution >= 0.6 is 47.8 Å². The van der Waals surface area contributed by atoms with Gasteiger partial charge in [-0.2, -0.15) is 0 Å². The third-order valence-electron chi connectivity index (χ3n) is 4.44. The summed E-state index contributed by atoms with van der Waals surface area (Å²) in [5.74, 6) is 2.03. The zero-order valence-electron chi connectivity index (χ0n) is 16.8. The van der Waals surface area contributed by atoms with Gasteiger partial charge in [0.05, 0.1) is 23.2 Å². The maximum absolute atomic E-state index is 12.4. The van der Waals surface area contributed by atoms with Gasteiger partial charge in [-0.25, -0.2) is 0 Å². The molecule has 0 aliphatic rings. The number of carbonyl (C=O) groups is 1. The Balaban J connectivity index is 1.77. The minimum Gasteiger partial charge on any atom is -0.497 e. The number of hydrogen-bond donors (Lipinski definition) is 0. The first-order valence-electron chi connectivity index (χ1n) is 9.22. The minimum atomic E-state index is -0.0843. The summed E-state index contributed by atoms with van der Waals surface area (Å²) in [5.41, 5.74) is 2.33. The van der Waals surface area contributed by atoms with E-state index in [9.17, 15) is 4.79 Å². The van der Waals surface area contributed by atoms with Gasteiger partial charge in [0, 0.05) is 15.6 Å². The molecular formula is C24H19Br3O4. The van der Waals surface area contributed by atoms with Gasteiger partial charge in [-0.3, -0.25) is 4.79 Å². The number of carbonyl (C=O) groups excluding carboxylic acids is 1. The summed E-state index contributed by atoms with van der Waals surface area (Å²) in [6, 6.07) is 16.6. The number of benzene rings is 3. The fraction of sp³-hybridized carbons (Fsp3) is 0.125. The van der Waals surface area contributed by atoms with E-state index in [-0.39, 0.29) is 5.78 Å². The average Bonchev–Trinajstić information content (AvgIpc) is 2.76. The van der Waals surface area contributed by atoms with Crippen LogP contribution in [0.25, 0.3) is 6.08 Å². The number of hydrogen-bond acceptors (Lipinski definition) is 4. The van der Waals surface area contributed by atoms with Gasteiger partial charge in [-0.05, 0) is 92.0 Å². The second-order valence-electron chi connectivity index (χ2n) is 6.48. The van der Waals surface area contributed by atoms with Crippen LogP contribution in [-0.4, -0.2) is 20.0 Å². The van der Waals surface area contributed by atoms with E-state index >= 15 is 0 Å². The first-order chi connectivity index (χ1) is 14.9. The molecule has 7 heteroatoms. The molecule has 0 amide bonds. The predicted molar refractivity (Wildman–Crippen MR) is 133 cm³/mol. The van der Waals surface area contributed by atoms with E-state index in [4.69, 9.17) is 14.2 Å². The normalized spacial score (nSPS) is 10.9. The molecule has 0 bridgehead atoms. The van der Waals surface area contributed by atoms with Gasteiger partial charge in [0.1, 0.15) is 23.9 Å². The first-order valence-corrected chi connectivity index (χ1v) is 11.6. The predicted octanol–water partition coefficient (Wildman–Crippen LogP) is 7.47. The van der Waals surface area contributed by atoms with Gasteiger partial charge < -0.3 is 14.2 Å². The maximum atomic E-state index is 12.4. The zero-order chi connectivity index (χ0) is 22.4. The summed E-state index contributed by atoms with van der Waals surface area (Å²) in [6.07, 6.45) is 3.33. The van der Waals surface area contributed by atoms with E-state index in [0.29, 0.717) is 29.4 Å². The van der Waals surface area contributed by atoms with Gasteiger partial charge in [-0.15, -0.1) is 0 Å². The van der Waals surface area contributed by atoms with E-state index in [1.165, 1.54) is 0 Å². The molecule has 0 N–H and O–H groups in total. The van der Waals surface area contributed by atoms with Crippen LogP contribution in [0.2, 0.25) is 0 Å². The molecule has 3 aromatic rings. The molecule has 0 saturated carbocycles. The van der Waals surface area contributed by atoms with Crippen LogP contribution in [0.15, 0.2) is 74.1 Å². The molecule has 3 aromatic carbocycles. The van der Waals surface area contributed by atoms with E-state index in [1.807, 2.05) is 30.3 Å². The highest BCUT2D eigenvalue weighted by molar-refractivity contribution is 9.11. The Kier molecular flexibility index (Phi) is 8.35. The van der Waals surface area contributed by atoms with Gasteiger partial charge in [0.25, 0.3) is 0 Å². The first kappa shape index (κ1) is 23.6. The average molecular weight is 611 g/mol. The third-order valence-corrected chi connectivity index (χ3v) is 6.08. The summed E-state index contributed by atoms with van der Waals surface area (Å²) < 4.78 is 19.2. The van der Waals surface area contributed by atoms with Crippen LogP contribution in [0.4, 0.5) is 0 Å². The molecule has 31 heavy (non-hydrogen) atoms. The topological polar surface area (TPSA) is 44.8 Å². The number of rotatable bonds is 8. The van der Waals surface area contributed by atoms with Gasteiger partial charge in [0.2, 0.25) is 0 Å². The minimum absolute atomic E-state index is 0.0843. The molecule has 0 aliphatic heterocycles. The summed E-state index contributed by atoms with van der Waals surface area (Å²) in [4.78, 5) is 12.4. The van der Waals surface area contributed by atoms with Crippen LogP contribution in [0.3, 0.4) is 0 Å². The Labute approximate surface area is 206 Å². The summed E-state index contributed by atoms with van der Waals surface area (Å²) in [6.45, 7) is 0.302. The highest BCUT2D eigenvalue weighted by Gasteiger charge is 2.11. The number of halogens is 3. The summed E-state index contributed by atoms with van der Waals surface area (Å²) in [5, 5.41) is 0. The van der Waals surface area contributed by atoms with Crippen LogP contribution in [0.1, 0.15) is 21.5 Å². The number of ether oxygens (including phenoxy) is 3. The molecule has 0 aromatic heterocycles. The van der Waals surface area contributed by atoms with Crippen LogP contribution < -0.4 is 14.2 Å². The molecule has 0 heterocycles. The zero-order valence-corrected chi connectivity index (χ0v) is 21.6. The Bertz CT molecular complexity index is 1090. The molecule has 0 fully saturated rings. The quantitative estimate of drug-likeness (QED) is 0.196. The SMILES string of the molecule is COc1ccc(C(=O)/C=C/c2ccc(OC)c(COc3c(Br)cc(Br)cc3Br)c2)cc1. The lowest BCUT2D eigenvalue weighted by molar-refractivity contribution is 0.104.